The van der Waals surface area contributed by atoms with Crippen LogP contribution in [0.2, 0.25) is 0 Å². The van der Waals surface area contributed by atoms with Gasteiger partial charge in [0.15, 0.2) is 0 Å². The SMILES string of the molecule is CCn1ncc(NCCC(=O)N2CCOCC2)c(Br)c1=O. The molecule has 1 N–H and O–H groups in total. The van der Waals surface area contributed by atoms with Crippen molar-refractivity contribution in [2.45, 2.75) is 19.9 Å². The van der Waals surface area contributed by atoms with E-state index in [9.17, 15) is 9.59 Å². The molecule has 1 aliphatic heterocycles. The maximum absolute atomic E-state index is 12.0. The second-order valence-electron chi connectivity index (χ2n) is 4.66. The predicted molar refractivity (Wildman–Crippen MR) is 82.4 cm³/mol. The summed E-state index contributed by atoms with van der Waals surface area (Å²) in [5, 5.41) is 7.12. The highest BCUT2D eigenvalue weighted by atomic mass is 79.9. The van der Waals surface area contributed by atoms with Gasteiger partial charge in [0.05, 0.1) is 25.1 Å². The van der Waals surface area contributed by atoms with E-state index in [-0.39, 0.29) is 11.5 Å². The minimum absolute atomic E-state index is 0.0942. The van der Waals surface area contributed by atoms with Gasteiger partial charge in [-0.15, -0.1) is 0 Å². The minimum Gasteiger partial charge on any atom is -0.382 e. The normalized spacial score (nSPS) is 15.0. The van der Waals surface area contributed by atoms with Crippen molar-refractivity contribution >= 4 is 27.5 Å². The van der Waals surface area contributed by atoms with Crippen LogP contribution in [0.5, 0.6) is 0 Å². The molecule has 21 heavy (non-hydrogen) atoms. The summed E-state index contributed by atoms with van der Waals surface area (Å²) in [5.74, 6) is 0.0942. The van der Waals surface area contributed by atoms with E-state index in [2.05, 4.69) is 26.3 Å². The monoisotopic (exact) mass is 358 g/mol. The number of carbonyl (C=O) groups is 1. The van der Waals surface area contributed by atoms with Crippen molar-refractivity contribution in [3.05, 3.63) is 21.0 Å². The number of morpholine rings is 1. The molecule has 2 rings (SSSR count). The lowest BCUT2D eigenvalue weighted by Gasteiger charge is -2.26. The summed E-state index contributed by atoms with van der Waals surface area (Å²) in [6.45, 7) is 5.34. The van der Waals surface area contributed by atoms with E-state index in [1.807, 2.05) is 6.92 Å². The molecule has 0 saturated carbocycles. The molecule has 8 heteroatoms. The van der Waals surface area contributed by atoms with E-state index < -0.39 is 0 Å². The van der Waals surface area contributed by atoms with Crippen molar-refractivity contribution in [3.63, 3.8) is 0 Å². The Kier molecular flexibility index (Phi) is 5.75. The molecule has 0 spiro atoms. The fraction of sp³-hybridized carbons (Fsp3) is 0.615. The number of anilines is 1. The van der Waals surface area contributed by atoms with Crippen molar-refractivity contribution in [3.8, 4) is 0 Å². The first-order valence-corrected chi connectivity index (χ1v) is 7.77. The molecule has 0 aliphatic carbocycles. The molecule has 116 valence electrons. The molecule has 0 aromatic carbocycles. The molecule has 0 atom stereocenters. The van der Waals surface area contributed by atoms with Crippen molar-refractivity contribution in [1.82, 2.24) is 14.7 Å². The Morgan fingerprint density at radius 3 is 2.86 bits per heavy atom. The van der Waals surface area contributed by atoms with Crippen molar-refractivity contribution in [2.24, 2.45) is 0 Å². The maximum Gasteiger partial charge on any atom is 0.283 e. The highest BCUT2D eigenvalue weighted by molar-refractivity contribution is 9.10. The summed E-state index contributed by atoms with van der Waals surface area (Å²) in [5.41, 5.74) is 0.432. The van der Waals surface area contributed by atoms with Crippen LogP contribution in [0, 0.1) is 0 Å². The molecule has 1 fully saturated rings. The van der Waals surface area contributed by atoms with Gasteiger partial charge < -0.3 is 15.0 Å². The van der Waals surface area contributed by atoms with Gasteiger partial charge in [0.2, 0.25) is 5.91 Å². The van der Waals surface area contributed by atoms with E-state index in [4.69, 9.17) is 4.74 Å². The highest BCUT2D eigenvalue weighted by Crippen LogP contribution is 2.16. The summed E-state index contributed by atoms with van der Waals surface area (Å²) < 4.78 is 7.03. The molecule has 1 amide bonds. The minimum atomic E-state index is -0.179. The summed E-state index contributed by atoms with van der Waals surface area (Å²) in [6, 6.07) is 0. The topological polar surface area (TPSA) is 76.5 Å². The number of carbonyl (C=O) groups excluding carboxylic acids is 1. The van der Waals surface area contributed by atoms with Gasteiger partial charge in [0.1, 0.15) is 4.47 Å². The first kappa shape index (κ1) is 16.0. The Balaban J connectivity index is 1.87. The molecular weight excluding hydrogens is 340 g/mol. The van der Waals surface area contributed by atoms with Crippen molar-refractivity contribution in [1.29, 1.82) is 0 Å². The average molecular weight is 359 g/mol. The van der Waals surface area contributed by atoms with Gasteiger partial charge >= 0.3 is 0 Å². The number of hydrogen-bond donors (Lipinski definition) is 1. The third-order valence-electron chi connectivity index (χ3n) is 3.30. The molecule has 1 aliphatic rings. The zero-order valence-corrected chi connectivity index (χ0v) is 13.6. The second kappa shape index (κ2) is 7.56. The lowest BCUT2D eigenvalue weighted by molar-refractivity contribution is -0.134. The number of rotatable bonds is 5. The van der Waals surface area contributed by atoms with Crippen LogP contribution in [0.25, 0.3) is 0 Å². The first-order chi connectivity index (χ1) is 10.1. The Labute approximate surface area is 131 Å². The van der Waals surface area contributed by atoms with Crippen LogP contribution in [0.4, 0.5) is 5.69 Å². The van der Waals surface area contributed by atoms with Crippen LogP contribution >= 0.6 is 15.9 Å². The van der Waals surface area contributed by atoms with Gasteiger partial charge in [-0.3, -0.25) is 9.59 Å². The summed E-state index contributed by atoms with van der Waals surface area (Å²) in [4.78, 5) is 25.7. The van der Waals surface area contributed by atoms with Gasteiger partial charge in [0, 0.05) is 32.6 Å². The zero-order valence-electron chi connectivity index (χ0n) is 12.0. The molecule has 2 heterocycles. The van der Waals surface area contributed by atoms with E-state index in [1.165, 1.54) is 4.68 Å². The van der Waals surface area contributed by atoms with E-state index in [0.29, 0.717) is 56.0 Å². The summed E-state index contributed by atoms with van der Waals surface area (Å²) in [7, 11) is 0. The average Bonchev–Trinajstić information content (AvgIpc) is 2.52. The van der Waals surface area contributed by atoms with E-state index in [1.54, 1.807) is 11.1 Å². The Morgan fingerprint density at radius 2 is 2.19 bits per heavy atom. The number of nitrogens with one attached hydrogen (secondary N) is 1. The zero-order chi connectivity index (χ0) is 15.2. The van der Waals surface area contributed by atoms with Crippen LogP contribution in [0.1, 0.15) is 13.3 Å². The Bertz CT molecular complexity index is 555. The summed E-state index contributed by atoms with van der Waals surface area (Å²) >= 11 is 3.27. The number of halogens is 1. The van der Waals surface area contributed by atoms with Gasteiger partial charge in [-0.1, -0.05) is 0 Å². The van der Waals surface area contributed by atoms with E-state index >= 15 is 0 Å². The fourth-order valence-electron chi connectivity index (χ4n) is 2.09. The lowest BCUT2D eigenvalue weighted by Crippen LogP contribution is -2.41. The number of ether oxygens (including phenoxy) is 1. The number of nitrogens with zero attached hydrogens (tertiary/aromatic N) is 3. The van der Waals surface area contributed by atoms with Gasteiger partial charge in [0.25, 0.3) is 5.56 Å². The molecule has 1 aromatic rings. The van der Waals surface area contributed by atoms with Crippen LogP contribution < -0.4 is 10.9 Å². The molecule has 1 saturated heterocycles. The van der Waals surface area contributed by atoms with Crippen LogP contribution in [0.3, 0.4) is 0 Å². The van der Waals surface area contributed by atoms with E-state index in [0.717, 1.165) is 0 Å². The van der Waals surface area contributed by atoms with Gasteiger partial charge in [-0.05, 0) is 22.9 Å². The lowest BCUT2D eigenvalue weighted by atomic mass is 10.3. The first-order valence-electron chi connectivity index (χ1n) is 6.98. The quantitative estimate of drug-likeness (QED) is 0.837. The van der Waals surface area contributed by atoms with Crippen LogP contribution in [-0.4, -0.2) is 53.4 Å². The standard InChI is InChI=1S/C13H19BrN4O3/c1-2-18-13(20)12(14)10(9-16-18)15-4-3-11(19)17-5-7-21-8-6-17/h9,15H,2-8H2,1H3. The smallest absolute Gasteiger partial charge is 0.283 e. The molecule has 0 unspecified atom stereocenters. The number of aryl methyl sites for hydroxylation is 1. The van der Waals surface area contributed by atoms with Crippen LogP contribution in [0.15, 0.2) is 15.5 Å². The molecular formula is C13H19BrN4O3. The number of amides is 1. The van der Waals surface area contributed by atoms with Crippen molar-refractivity contribution in [2.75, 3.05) is 38.2 Å². The summed E-state index contributed by atoms with van der Waals surface area (Å²) in [6.07, 6.45) is 1.97. The maximum atomic E-state index is 12.0. The fourth-order valence-corrected chi connectivity index (χ4v) is 2.54. The molecule has 7 nitrogen and oxygen atoms in total. The molecule has 0 radical (unpaired) electrons. The van der Waals surface area contributed by atoms with Crippen molar-refractivity contribution < 1.29 is 9.53 Å². The number of aromatic nitrogens is 2. The van der Waals surface area contributed by atoms with Gasteiger partial charge in [-0.25, -0.2) is 4.68 Å². The predicted octanol–water partition coefficient (Wildman–Crippen LogP) is 0.686. The largest absolute Gasteiger partial charge is 0.382 e. The van der Waals surface area contributed by atoms with Gasteiger partial charge in [-0.2, -0.15) is 5.10 Å². The Morgan fingerprint density at radius 1 is 1.48 bits per heavy atom. The third kappa shape index (κ3) is 4.04. The third-order valence-corrected chi connectivity index (χ3v) is 4.07. The number of hydrogen-bond acceptors (Lipinski definition) is 5. The van der Waals surface area contributed by atoms with Crippen LogP contribution in [-0.2, 0) is 16.1 Å². The second-order valence-corrected chi connectivity index (χ2v) is 5.46. The highest BCUT2D eigenvalue weighted by Gasteiger charge is 2.16. The Hall–Kier alpha value is -1.41. The molecule has 1 aromatic heterocycles. The molecule has 0 bridgehead atoms.